The van der Waals surface area contributed by atoms with Crippen LogP contribution in [-0.2, 0) is 22.0 Å². The second kappa shape index (κ2) is 7.14. The molecule has 6 heteroatoms. The molecule has 126 valence electrons. The standard InChI is InChI=1S/C18H21N3O2S/c1-18(2,20)16-7-3-14(4-8-16)11-12-21-24(22,23)17-9-5-15(13-19)6-10-17/h3-10,21H,11-12,20H2,1-2H3. The average molecular weight is 343 g/mol. The maximum atomic E-state index is 12.2. The summed E-state index contributed by atoms with van der Waals surface area (Å²) in [5, 5.41) is 8.75. The molecule has 0 amide bonds. The van der Waals surface area contributed by atoms with E-state index in [1.54, 1.807) is 0 Å². The van der Waals surface area contributed by atoms with Crippen LogP contribution in [0.2, 0.25) is 0 Å². The van der Waals surface area contributed by atoms with Crippen molar-refractivity contribution in [3.8, 4) is 6.07 Å². The van der Waals surface area contributed by atoms with Crippen molar-refractivity contribution in [3.63, 3.8) is 0 Å². The summed E-state index contributed by atoms with van der Waals surface area (Å²) in [4.78, 5) is 0.154. The van der Waals surface area contributed by atoms with Gasteiger partial charge in [0.15, 0.2) is 0 Å². The molecular formula is C18H21N3O2S. The lowest BCUT2D eigenvalue weighted by molar-refractivity contribution is 0.554. The first-order valence-electron chi connectivity index (χ1n) is 7.60. The van der Waals surface area contributed by atoms with Crippen molar-refractivity contribution in [3.05, 3.63) is 65.2 Å². The Bertz CT molecular complexity index is 828. The lowest BCUT2D eigenvalue weighted by Crippen LogP contribution is -2.28. The molecule has 0 saturated heterocycles. The molecule has 0 aromatic heterocycles. The van der Waals surface area contributed by atoms with E-state index in [-0.39, 0.29) is 4.90 Å². The van der Waals surface area contributed by atoms with Gasteiger partial charge in [-0.25, -0.2) is 13.1 Å². The molecule has 0 aliphatic heterocycles. The molecule has 0 spiro atoms. The lowest BCUT2D eigenvalue weighted by atomic mass is 9.94. The molecule has 2 aromatic rings. The summed E-state index contributed by atoms with van der Waals surface area (Å²) >= 11 is 0. The fourth-order valence-corrected chi connectivity index (χ4v) is 3.25. The number of hydrogen-bond donors (Lipinski definition) is 2. The van der Waals surface area contributed by atoms with Gasteiger partial charge in [0, 0.05) is 12.1 Å². The van der Waals surface area contributed by atoms with E-state index >= 15 is 0 Å². The van der Waals surface area contributed by atoms with Gasteiger partial charge in [0.2, 0.25) is 10.0 Å². The van der Waals surface area contributed by atoms with E-state index in [0.29, 0.717) is 18.5 Å². The van der Waals surface area contributed by atoms with Gasteiger partial charge in [0.05, 0.1) is 16.5 Å². The lowest BCUT2D eigenvalue weighted by Gasteiger charge is -2.19. The van der Waals surface area contributed by atoms with Gasteiger partial charge in [0.25, 0.3) is 0 Å². The minimum Gasteiger partial charge on any atom is -0.322 e. The van der Waals surface area contributed by atoms with Gasteiger partial charge in [0.1, 0.15) is 0 Å². The molecule has 0 bridgehead atoms. The first-order valence-corrected chi connectivity index (χ1v) is 9.09. The zero-order chi connectivity index (χ0) is 17.8. The molecule has 3 N–H and O–H groups in total. The van der Waals surface area contributed by atoms with Crippen LogP contribution in [0.15, 0.2) is 53.4 Å². The van der Waals surface area contributed by atoms with Crippen LogP contribution in [0.1, 0.15) is 30.5 Å². The van der Waals surface area contributed by atoms with E-state index < -0.39 is 15.6 Å². The molecule has 24 heavy (non-hydrogen) atoms. The molecule has 0 aliphatic carbocycles. The fraction of sp³-hybridized carbons (Fsp3) is 0.278. The first-order chi connectivity index (χ1) is 11.2. The SMILES string of the molecule is CC(C)(N)c1ccc(CCNS(=O)(=O)c2ccc(C#N)cc2)cc1. The van der Waals surface area contributed by atoms with Gasteiger partial charge >= 0.3 is 0 Å². The molecule has 0 aliphatic rings. The van der Waals surface area contributed by atoms with Crippen LogP contribution in [0.25, 0.3) is 0 Å². The van der Waals surface area contributed by atoms with Gasteiger partial charge in [-0.05, 0) is 55.7 Å². The summed E-state index contributed by atoms with van der Waals surface area (Å²) in [7, 11) is -3.57. The van der Waals surface area contributed by atoms with Crippen molar-refractivity contribution in [2.24, 2.45) is 5.73 Å². The zero-order valence-corrected chi connectivity index (χ0v) is 14.6. The van der Waals surface area contributed by atoms with Crippen LogP contribution in [0.5, 0.6) is 0 Å². The largest absolute Gasteiger partial charge is 0.322 e. The van der Waals surface area contributed by atoms with E-state index in [1.807, 2.05) is 44.2 Å². The number of nitrogens with two attached hydrogens (primary N) is 1. The number of hydrogen-bond acceptors (Lipinski definition) is 4. The van der Waals surface area contributed by atoms with Gasteiger partial charge in [-0.2, -0.15) is 5.26 Å². The van der Waals surface area contributed by atoms with Crippen LogP contribution in [0.3, 0.4) is 0 Å². The highest BCUT2D eigenvalue weighted by Gasteiger charge is 2.14. The van der Waals surface area contributed by atoms with E-state index in [2.05, 4.69) is 4.72 Å². The summed E-state index contributed by atoms with van der Waals surface area (Å²) < 4.78 is 27.0. The second-order valence-corrected chi connectivity index (χ2v) is 7.97. The molecule has 0 heterocycles. The number of nitriles is 1. The highest BCUT2D eigenvalue weighted by molar-refractivity contribution is 7.89. The van der Waals surface area contributed by atoms with Crippen LogP contribution in [0.4, 0.5) is 0 Å². The van der Waals surface area contributed by atoms with E-state index in [9.17, 15) is 8.42 Å². The molecule has 5 nitrogen and oxygen atoms in total. The van der Waals surface area contributed by atoms with Crippen molar-refractivity contribution in [2.75, 3.05) is 6.54 Å². The molecule has 0 saturated carbocycles. The Morgan fingerprint density at radius 2 is 1.67 bits per heavy atom. The monoisotopic (exact) mass is 343 g/mol. The second-order valence-electron chi connectivity index (χ2n) is 6.20. The van der Waals surface area contributed by atoms with Crippen molar-refractivity contribution in [1.82, 2.24) is 4.72 Å². The average Bonchev–Trinajstić information content (AvgIpc) is 2.54. The Kier molecular flexibility index (Phi) is 5.40. The van der Waals surface area contributed by atoms with Gasteiger partial charge in [-0.1, -0.05) is 24.3 Å². The quantitative estimate of drug-likeness (QED) is 0.841. The Morgan fingerprint density at radius 1 is 1.08 bits per heavy atom. The van der Waals surface area contributed by atoms with E-state index in [1.165, 1.54) is 24.3 Å². The smallest absolute Gasteiger partial charge is 0.240 e. The van der Waals surface area contributed by atoms with E-state index in [0.717, 1.165) is 11.1 Å². The van der Waals surface area contributed by atoms with Crippen LogP contribution in [0, 0.1) is 11.3 Å². The molecule has 0 unspecified atom stereocenters. The summed E-state index contributed by atoms with van der Waals surface area (Å²) in [6.07, 6.45) is 0.584. The van der Waals surface area contributed by atoms with Crippen LogP contribution < -0.4 is 10.5 Å². The third-order valence-corrected chi connectivity index (χ3v) is 5.17. The van der Waals surface area contributed by atoms with Crippen molar-refractivity contribution >= 4 is 10.0 Å². The molecule has 2 rings (SSSR count). The first kappa shape index (κ1) is 18.1. The number of sulfonamides is 1. The number of nitrogens with zero attached hydrogens (tertiary/aromatic N) is 1. The van der Waals surface area contributed by atoms with Gasteiger partial charge in [-0.15, -0.1) is 0 Å². The molecular weight excluding hydrogens is 322 g/mol. The number of rotatable bonds is 6. The minimum absolute atomic E-state index is 0.154. The third kappa shape index (κ3) is 4.65. The summed E-state index contributed by atoms with van der Waals surface area (Å²) in [6.45, 7) is 4.18. The molecule has 0 atom stereocenters. The van der Waals surface area contributed by atoms with Crippen molar-refractivity contribution in [1.29, 1.82) is 5.26 Å². The third-order valence-electron chi connectivity index (χ3n) is 3.70. The number of benzene rings is 2. The molecule has 0 radical (unpaired) electrons. The van der Waals surface area contributed by atoms with Crippen LogP contribution in [-0.4, -0.2) is 15.0 Å². The normalized spacial score (nSPS) is 11.9. The Hall–Kier alpha value is -2.20. The predicted molar refractivity (Wildman–Crippen MR) is 93.7 cm³/mol. The summed E-state index contributed by atoms with van der Waals surface area (Å²) in [5.74, 6) is 0. The van der Waals surface area contributed by atoms with Crippen molar-refractivity contribution < 1.29 is 8.42 Å². The molecule has 2 aromatic carbocycles. The van der Waals surface area contributed by atoms with Gasteiger partial charge < -0.3 is 5.73 Å². The van der Waals surface area contributed by atoms with Gasteiger partial charge in [-0.3, -0.25) is 0 Å². The maximum absolute atomic E-state index is 12.2. The maximum Gasteiger partial charge on any atom is 0.240 e. The molecule has 0 fully saturated rings. The summed E-state index contributed by atoms with van der Waals surface area (Å²) in [6, 6.07) is 15.6. The summed E-state index contributed by atoms with van der Waals surface area (Å²) in [5.41, 5.74) is 8.14. The Balaban J connectivity index is 1.96. The fourth-order valence-electron chi connectivity index (χ4n) is 2.22. The topological polar surface area (TPSA) is 96.0 Å². The number of nitrogens with one attached hydrogen (secondary N) is 1. The minimum atomic E-state index is -3.57. The Morgan fingerprint density at radius 3 is 2.17 bits per heavy atom. The predicted octanol–water partition coefficient (Wildman–Crippen LogP) is 2.27. The van der Waals surface area contributed by atoms with Crippen LogP contribution >= 0.6 is 0 Å². The highest BCUT2D eigenvalue weighted by Crippen LogP contribution is 2.17. The van der Waals surface area contributed by atoms with Crippen molar-refractivity contribution in [2.45, 2.75) is 30.7 Å². The highest BCUT2D eigenvalue weighted by atomic mass is 32.2. The Labute approximate surface area is 143 Å². The van der Waals surface area contributed by atoms with E-state index in [4.69, 9.17) is 11.0 Å². The zero-order valence-electron chi connectivity index (χ0n) is 13.8.